The lowest BCUT2D eigenvalue weighted by Crippen LogP contribution is -2.05. The highest BCUT2D eigenvalue weighted by Crippen LogP contribution is 2.42. The van der Waals surface area contributed by atoms with E-state index in [9.17, 15) is 0 Å². The summed E-state index contributed by atoms with van der Waals surface area (Å²) in [6.45, 7) is 4.51. The van der Waals surface area contributed by atoms with Gasteiger partial charge in [0.05, 0.1) is 7.11 Å². The zero-order chi connectivity index (χ0) is 14.1. The second-order valence-electron chi connectivity index (χ2n) is 5.11. The third kappa shape index (κ3) is 2.18. The Bertz CT molecular complexity index is 624. The molecule has 104 valence electrons. The molecule has 20 heavy (non-hydrogen) atoms. The highest BCUT2D eigenvalue weighted by atomic mass is 16.5. The van der Waals surface area contributed by atoms with Crippen molar-refractivity contribution in [2.24, 2.45) is 0 Å². The van der Waals surface area contributed by atoms with Crippen molar-refractivity contribution in [1.29, 1.82) is 0 Å². The normalized spacial score (nSPS) is 14.2. The van der Waals surface area contributed by atoms with Crippen LogP contribution in [0.5, 0.6) is 5.75 Å². The predicted octanol–water partition coefficient (Wildman–Crippen LogP) is 3.20. The van der Waals surface area contributed by atoms with Gasteiger partial charge in [-0.15, -0.1) is 6.58 Å². The Kier molecular flexibility index (Phi) is 3.22. The minimum Gasteiger partial charge on any atom is -0.497 e. The minimum atomic E-state index is 0.559. The monoisotopic (exact) mass is 269 g/mol. The number of anilines is 1. The number of hydrogen-bond acceptors (Lipinski definition) is 3. The summed E-state index contributed by atoms with van der Waals surface area (Å²) >= 11 is 0. The second-order valence-corrected chi connectivity index (χ2v) is 5.11. The Morgan fingerprint density at radius 1 is 1.40 bits per heavy atom. The SMILES string of the molecule is C=CCn1c(C2CC2)nc(-c2ccc(OC)cc2)c1N. The van der Waals surface area contributed by atoms with Crippen molar-refractivity contribution in [2.75, 3.05) is 12.8 Å². The highest BCUT2D eigenvalue weighted by Gasteiger charge is 2.30. The van der Waals surface area contributed by atoms with Gasteiger partial charge in [-0.25, -0.2) is 4.98 Å². The van der Waals surface area contributed by atoms with Gasteiger partial charge < -0.3 is 15.0 Å². The van der Waals surface area contributed by atoms with E-state index in [-0.39, 0.29) is 0 Å². The van der Waals surface area contributed by atoms with E-state index in [2.05, 4.69) is 11.1 Å². The van der Waals surface area contributed by atoms with Crippen LogP contribution in [0, 0.1) is 0 Å². The summed E-state index contributed by atoms with van der Waals surface area (Å²) in [4.78, 5) is 4.77. The van der Waals surface area contributed by atoms with E-state index in [1.165, 1.54) is 12.8 Å². The van der Waals surface area contributed by atoms with Crippen LogP contribution in [0.2, 0.25) is 0 Å². The Hall–Kier alpha value is -2.23. The molecule has 2 aromatic rings. The fourth-order valence-corrected chi connectivity index (χ4v) is 2.42. The van der Waals surface area contributed by atoms with Crippen molar-refractivity contribution >= 4 is 5.82 Å². The quantitative estimate of drug-likeness (QED) is 0.848. The predicted molar refractivity (Wildman–Crippen MR) is 80.8 cm³/mol. The summed E-state index contributed by atoms with van der Waals surface area (Å²) in [7, 11) is 1.66. The van der Waals surface area contributed by atoms with Crippen molar-refractivity contribution < 1.29 is 4.74 Å². The van der Waals surface area contributed by atoms with Crippen LogP contribution in [0.3, 0.4) is 0 Å². The van der Waals surface area contributed by atoms with E-state index in [0.29, 0.717) is 12.5 Å². The molecular formula is C16H19N3O. The summed E-state index contributed by atoms with van der Waals surface area (Å²) in [6, 6.07) is 7.84. The molecule has 1 heterocycles. The molecule has 0 atom stereocenters. The maximum Gasteiger partial charge on any atom is 0.132 e. The molecule has 0 bridgehead atoms. The van der Waals surface area contributed by atoms with E-state index >= 15 is 0 Å². The molecule has 4 nitrogen and oxygen atoms in total. The summed E-state index contributed by atoms with van der Waals surface area (Å²) in [6.07, 6.45) is 4.27. The van der Waals surface area contributed by atoms with Crippen molar-refractivity contribution in [2.45, 2.75) is 25.3 Å². The van der Waals surface area contributed by atoms with Gasteiger partial charge in [-0.2, -0.15) is 0 Å². The number of nitrogens with zero attached hydrogens (tertiary/aromatic N) is 2. The van der Waals surface area contributed by atoms with Crippen molar-refractivity contribution in [3.8, 4) is 17.0 Å². The number of rotatable bonds is 5. The van der Waals surface area contributed by atoms with Gasteiger partial charge in [-0.1, -0.05) is 6.08 Å². The Labute approximate surface area is 118 Å². The van der Waals surface area contributed by atoms with E-state index in [1.807, 2.05) is 30.3 Å². The van der Waals surface area contributed by atoms with Crippen LogP contribution in [-0.2, 0) is 6.54 Å². The molecule has 0 spiro atoms. The smallest absolute Gasteiger partial charge is 0.132 e. The molecule has 1 fully saturated rings. The lowest BCUT2D eigenvalue weighted by Gasteiger charge is -2.06. The molecule has 1 aromatic carbocycles. The van der Waals surface area contributed by atoms with Gasteiger partial charge >= 0.3 is 0 Å². The van der Waals surface area contributed by atoms with Crippen molar-refractivity contribution in [3.05, 3.63) is 42.7 Å². The van der Waals surface area contributed by atoms with Gasteiger partial charge in [0, 0.05) is 18.0 Å². The standard InChI is InChI=1S/C16H19N3O/c1-3-10-19-15(17)14(18-16(19)12-4-5-12)11-6-8-13(20-2)9-7-11/h3,6-9,12H,1,4-5,10,17H2,2H3. The number of hydrogen-bond donors (Lipinski definition) is 1. The third-order valence-corrected chi connectivity index (χ3v) is 3.65. The molecule has 1 aliphatic rings. The lowest BCUT2D eigenvalue weighted by atomic mass is 10.1. The van der Waals surface area contributed by atoms with Crippen LogP contribution in [-0.4, -0.2) is 16.7 Å². The maximum absolute atomic E-state index is 6.28. The van der Waals surface area contributed by atoms with Gasteiger partial charge in [-0.05, 0) is 37.1 Å². The fraction of sp³-hybridized carbons (Fsp3) is 0.312. The van der Waals surface area contributed by atoms with Crippen LogP contribution in [0.4, 0.5) is 5.82 Å². The van der Waals surface area contributed by atoms with Gasteiger partial charge in [0.15, 0.2) is 0 Å². The van der Waals surface area contributed by atoms with E-state index in [0.717, 1.165) is 28.6 Å². The minimum absolute atomic E-state index is 0.559. The van der Waals surface area contributed by atoms with Gasteiger partial charge in [0.1, 0.15) is 23.1 Å². The van der Waals surface area contributed by atoms with Crippen LogP contribution in [0.1, 0.15) is 24.6 Å². The first-order valence-corrected chi connectivity index (χ1v) is 6.85. The van der Waals surface area contributed by atoms with Crippen LogP contribution >= 0.6 is 0 Å². The number of nitrogen functional groups attached to an aromatic ring is 1. The number of ether oxygens (including phenoxy) is 1. The Morgan fingerprint density at radius 2 is 2.10 bits per heavy atom. The number of methoxy groups -OCH3 is 1. The average Bonchev–Trinajstić information content (AvgIpc) is 3.27. The largest absolute Gasteiger partial charge is 0.497 e. The molecule has 1 aromatic heterocycles. The first kappa shape index (κ1) is 12.8. The molecule has 4 heteroatoms. The highest BCUT2D eigenvalue weighted by molar-refractivity contribution is 5.71. The van der Waals surface area contributed by atoms with E-state index in [1.54, 1.807) is 7.11 Å². The summed E-state index contributed by atoms with van der Waals surface area (Å²) in [5.74, 6) is 3.20. The molecular weight excluding hydrogens is 250 g/mol. The molecule has 0 radical (unpaired) electrons. The topological polar surface area (TPSA) is 53.1 Å². The van der Waals surface area contributed by atoms with Crippen molar-refractivity contribution in [3.63, 3.8) is 0 Å². The molecule has 0 amide bonds. The third-order valence-electron chi connectivity index (χ3n) is 3.65. The fourth-order valence-electron chi connectivity index (χ4n) is 2.42. The molecule has 1 saturated carbocycles. The average molecular weight is 269 g/mol. The Balaban J connectivity index is 2.03. The molecule has 3 rings (SSSR count). The first-order chi connectivity index (χ1) is 9.74. The lowest BCUT2D eigenvalue weighted by molar-refractivity contribution is 0.415. The van der Waals surface area contributed by atoms with Crippen LogP contribution in [0.15, 0.2) is 36.9 Å². The molecule has 1 aliphatic carbocycles. The number of nitrogens with two attached hydrogens (primary N) is 1. The zero-order valence-electron chi connectivity index (χ0n) is 11.7. The van der Waals surface area contributed by atoms with Gasteiger partial charge in [0.25, 0.3) is 0 Å². The second kappa shape index (κ2) is 5.04. The summed E-state index contributed by atoms with van der Waals surface area (Å²) in [5.41, 5.74) is 8.16. The van der Waals surface area contributed by atoms with Gasteiger partial charge in [-0.3, -0.25) is 0 Å². The number of imidazole rings is 1. The Morgan fingerprint density at radius 3 is 2.65 bits per heavy atom. The summed E-state index contributed by atoms with van der Waals surface area (Å²) in [5, 5.41) is 0. The number of aromatic nitrogens is 2. The van der Waals surface area contributed by atoms with E-state index in [4.69, 9.17) is 15.5 Å². The maximum atomic E-state index is 6.28. The number of benzene rings is 1. The van der Waals surface area contributed by atoms with E-state index < -0.39 is 0 Å². The molecule has 0 unspecified atom stereocenters. The zero-order valence-corrected chi connectivity index (χ0v) is 11.7. The van der Waals surface area contributed by atoms with Gasteiger partial charge in [0.2, 0.25) is 0 Å². The van der Waals surface area contributed by atoms with Crippen molar-refractivity contribution in [1.82, 2.24) is 9.55 Å². The first-order valence-electron chi connectivity index (χ1n) is 6.85. The molecule has 0 saturated heterocycles. The molecule has 0 aliphatic heterocycles. The van der Waals surface area contributed by atoms with Crippen LogP contribution in [0.25, 0.3) is 11.3 Å². The molecule has 2 N–H and O–H groups in total. The summed E-state index contributed by atoms with van der Waals surface area (Å²) < 4.78 is 7.25. The van der Waals surface area contributed by atoms with Crippen LogP contribution < -0.4 is 10.5 Å². The number of allylic oxidation sites excluding steroid dienone is 1.